The molecule has 7 nitrogen and oxygen atoms in total. The minimum absolute atomic E-state index is 0.00679. The highest BCUT2D eigenvalue weighted by atomic mass is 16.1. The molecule has 102 valence electrons. The second kappa shape index (κ2) is 4.38. The van der Waals surface area contributed by atoms with Gasteiger partial charge in [0, 0.05) is 24.7 Å². The Hall–Kier alpha value is -2.28. The number of hydrogen-bond acceptors (Lipinski definition) is 5. The standard InChI is InChI=1S/C13H14N6O/c20-13(16-12-10-5-14-6-11(10)12)8-1-3-9(4-2-8)19-7-15-17-18-19/h1-4,7,10-12,14H,5-6H2,(H,16,20). The SMILES string of the molecule is O=C(NC1C2CNCC21)c1ccc(-n2cnnn2)cc1. The Morgan fingerprint density at radius 2 is 2.00 bits per heavy atom. The van der Waals surface area contributed by atoms with Crippen LogP contribution in [-0.4, -0.2) is 45.2 Å². The van der Waals surface area contributed by atoms with Gasteiger partial charge in [-0.2, -0.15) is 0 Å². The lowest BCUT2D eigenvalue weighted by atomic mass is 10.2. The van der Waals surface area contributed by atoms with Crippen molar-refractivity contribution in [3.8, 4) is 5.69 Å². The van der Waals surface area contributed by atoms with Crippen LogP contribution in [0.25, 0.3) is 5.69 Å². The fourth-order valence-electron chi connectivity index (χ4n) is 2.91. The van der Waals surface area contributed by atoms with Gasteiger partial charge in [0.25, 0.3) is 5.91 Å². The van der Waals surface area contributed by atoms with Gasteiger partial charge < -0.3 is 10.6 Å². The number of aromatic nitrogens is 4. The molecule has 2 heterocycles. The lowest BCUT2D eigenvalue weighted by molar-refractivity contribution is 0.0946. The molecular weight excluding hydrogens is 256 g/mol. The normalized spacial score (nSPS) is 27.1. The predicted octanol–water partition coefficient (Wildman–Crippen LogP) is -0.390. The maximum absolute atomic E-state index is 12.1. The van der Waals surface area contributed by atoms with Crippen LogP contribution in [0.1, 0.15) is 10.4 Å². The molecular formula is C13H14N6O. The molecule has 0 radical (unpaired) electrons. The van der Waals surface area contributed by atoms with Gasteiger partial charge in [0.05, 0.1) is 5.69 Å². The third-order valence-corrected chi connectivity index (χ3v) is 4.13. The first-order valence-electron chi connectivity index (χ1n) is 6.68. The molecule has 2 fully saturated rings. The second-order valence-corrected chi connectivity index (χ2v) is 5.29. The first kappa shape index (κ1) is 11.5. The van der Waals surface area contributed by atoms with Crippen molar-refractivity contribution in [1.82, 2.24) is 30.8 Å². The first-order valence-corrected chi connectivity index (χ1v) is 6.68. The Balaban J connectivity index is 1.44. The average molecular weight is 270 g/mol. The molecule has 4 rings (SSSR count). The maximum atomic E-state index is 12.1. The molecule has 1 aromatic heterocycles. The van der Waals surface area contributed by atoms with Gasteiger partial charge in [-0.15, -0.1) is 5.10 Å². The summed E-state index contributed by atoms with van der Waals surface area (Å²) in [5.74, 6) is 1.24. The summed E-state index contributed by atoms with van der Waals surface area (Å²) in [7, 11) is 0. The van der Waals surface area contributed by atoms with Crippen LogP contribution in [-0.2, 0) is 0 Å². The zero-order valence-electron chi connectivity index (χ0n) is 10.7. The summed E-state index contributed by atoms with van der Waals surface area (Å²) < 4.78 is 1.55. The van der Waals surface area contributed by atoms with Gasteiger partial charge >= 0.3 is 0 Å². The van der Waals surface area contributed by atoms with E-state index in [2.05, 4.69) is 26.2 Å². The number of carbonyl (C=O) groups is 1. The molecule has 1 aliphatic heterocycles. The Kier molecular flexibility index (Phi) is 2.53. The van der Waals surface area contributed by atoms with Crippen LogP contribution in [0.15, 0.2) is 30.6 Å². The summed E-state index contributed by atoms with van der Waals surface area (Å²) in [5, 5.41) is 17.4. The summed E-state index contributed by atoms with van der Waals surface area (Å²) in [6.07, 6.45) is 1.52. The quantitative estimate of drug-likeness (QED) is 0.793. The summed E-state index contributed by atoms with van der Waals surface area (Å²) in [6.45, 7) is 2.04. The largest absolute Gasteiger partial charge is 0.349 e. The highest BCUT2D eigenvalue weighted by molar-refractivity contribution is 5.94. The van der Waals surface area contributed by atoms with Crippen LogP contribution in [0.5, 0.6) is 0 Å². The lowest BCUT2D eigenvalue weighted by Gasteiger charge is -2.08. The van der Waals surface area contributed by atoms with Crippen LogP contribution in [0.3, 0.4) is 0 Å². The second-order valence-electron chi connectivity index (χ2n) is 5.29. The number of nitrogens with zero attached hydrogens (tertiary/aromatic N) is 4. The molecule has 7 heteroatoms. The van der Waals surface area contributed by atoms with Crippen LogP contribution < -0.4 is 10.6 Å². The van der Waals surface area contributed by atoms with E-state index in [1.807, 2.05) is 12.1 Å². The van der Waals surface area contributed by atoms with Gasteiger partial charge in [-0.25, -0.2) is 4.68 Å². The van der Waals surface area contributed by atoms with Crippen molar-refractivity contribution in [2.75, 3.05) is 13.1 Å². The number of hydrogen-bond donors (Lipinski definition) is 2. The minimum Gasteiger partial charge on any atom is -0.349 e. The highest BCUT2D eigenvalue weighted by Gasteiger charge is 2.53. The third kappa shape index (κ3) is 1.87. The number of tetrazole rings is 1. The van der Waals surface area contributed by atoms with Crippen molar-refractivity contribution in [3.05, 3.63) is 36.2 Å². The molecule has 2 unspecified atom stereocenters. The zero-order valence-corrected chi connectivity index (χ0v) is 10.7. The van der Waals surface area contributed by atoms with E-state index in [1.165, 1.54) is 6.33 Å². The predicted molar refractivity (Wildman–Crippen MR) is 70.3 cm³/mol. The summed E-state index contributed by atoms with van der Waals surface area (Å²) >= 11 is 0. The van der Waals surface area contributed by atoms with Crippen molar-refractivity contribution in [3.63, 3.8) is 0 Å². The lowest BCUT2D eigenvalue weighted by Crippen LogP contribution is -2.32. The number of carbonyl (C=O) groups excluding carboxylic acids is 1. The van der Waals surface area contributed by atoms with Gasteiger partial charge in [0.1, 0.15) is 6.33 Å². The van der Waals surface area contributed by atoms with Crippen molar-refractivity contribution >= 4 is 5.91 Å². The van der Waals surface area contributed by atoms with Crippen LogP contribution in [0, 0.1) is 11.8 Å². The smallest absolute Gasteiger partial charge is 0.251 e. The monoisotopic (exact) mass is 270 g/mol. The van der Waals surface area contributed by atoms with Crippen molar-refractivity contribution in [1.29, 1.82) is 0 Å². The molecule has 20 heavy (non-hydrogen) atoms. The Morgan fingerprint density at radius 3 is 2.65 bits per heavy atom. The van der Waals surface area contributed by atoms with E-state index >= 15 is 0 Å². The van der Waals surface area contributed by atoms with Crippen molar-refractivity contribution in [2.24, 2.45) is 11.8 Å². The number of fused-ring (bicyclic) bond motifs is 1. The molecule has 2 aromatic rings. The first-order chi connectivity index (χ1) is 9.83. The van der Waals surface area contributed by atoms with Gasteiger partial charge in [-0.05, 0) is 46.5 Å². The average Bonchev–Trinajstić information content (AvgIpc) is 2.97. The Morgan fingerprint density at radius 1 is 1.25 bits per heavy atom. The van der Waals surface area contributed by atoms with E-state index in [1.54, 1.807) is 16.8 Å². The number of piperidine rings is 1. The summed E-state index contributed by atoms with van der Waals surface area (Å²) in [6, 6.07) is 7.61. The molecule has 1 aromatic carbocycles. The molecule has 0 bridgehead atoms. The molecule has 2 atom stereocenters. The Labute approximate surface area is 115 Å². The van der Waals surface area contributed by atoms with Crippen LogP contribution in [0.2, 0.25) is 0 Å². The molecule has 1 saturated carbocycles. The molecule has 2 N–H and O–H groups in total. The third-order valence-electron chi connectivity index (χ3n) is 4.13. The van der Waals surface area contributed by atoms with E-state index in [9.17, 15) is 4.79 Å². The molecule has 2 aliphatic rings. The van der Waals surface area contributed by atoms with Gasteiger partial charge in [-0.1, -0.05) is 0 Å². The minimum atomic E-state index is -0.00679. The van der Waals surface area contributed by atoms with Gasteiger partial charge in [-0.3, -0.25) is 4.79 Å². The number of nitrogens with one attached hydrogen (secondary N) is 2. The molecule has 1 saturated heterocycles. The Bertz CT molecular complexity index is 613. The summed E-state index contributed by atoms with van der Waals surface area (Å²) in [4.78, 5) is 12.1. The van der Waals surface area contributed by atoms with E-state index in [0.29, 0.717) is 23.4 Å². The number of rotatable bonds is 3. The van der Waals surface area contributed by atoms with E-state index < -0.39 is 0 Å². The summed E-state index contributed by atoms with van der Waals surface area (Å²) in [5.41, 5.74) is 1.50. The van der Waals surface area contributed by atoms with E-state index in [4.69, 9.17) is 0 Å². The van der Waals surface area contributed by atoms with Crippen LogP contribution in [0.4, 0.5) is 0 Å². The topological polar surface area (TPSA) is 84.7 Å². The fraction of sp³-hybridized carbons (Fsp3) is 0.385. The maximum Gasteiger partial charge on any atom is 0.251 e. The number of amides is 1. The molecule has 1 amide bonds. The molecule has 1 aliphatic carbocycles. The highest BCUT2D eigenvalue weighted by Crippen LogP contribution is 2.41. The number of benzene rings is 1. The van der Waals surface area contributed by atoms with Crippen molar-refractivity contribution in [2.45, 2.75) is 6.04 Å². The zero-order chi connectivity index (χ0) is 13.5. The van der Waals surface area contributed by atoms with E-state index in [0.717, 1.165) is 18.8 Å². The van der Waals surface area contributed by atoms with Crippen LogP contribution >= 0.6 is 0 Å². The fourth-order valence-corrected chi connectivity index (χ4v) is 2.91. The molecule has 0 spiro atoms. The van der Waals surface area contributed by atoms with E-state index in [-0.39, 0.29) is 5.91 Å². The van der Waals surface area contributed by atoms with Crippen molar-refractivity contribution < 1.29 is 4.79 Å². The van der Waals surface area contributed by atoms with Gasteiger partial charge in [0.15, 0.2) is 0 Å². The van der Waals surface area contributed by atoms with Gasteiger partial charge in [0.2, 0.25) is 0 Å².